The minimum atomic E-state index is 0.313. The van der Waals surface area contributed by atoms with E-state index in [4.69, 9.17) is 10.8 Å². The number of piperazine rings is 3. The van der Waals surface area contributed by atoms with Gasteiger partial charge in [-0.25, -0.2) is 15.8 Å². The third kappa shape index (κ3) is 2.43. The van der Waals surface area contributed by atoms with Gasteiger partial charge in [0.2, 0.25) is 0 Å². The first-order valence-electron chi connectivity index (χ1n) is 6.99. The number of hydrogen-bond donors (Lipinski definition) is 2. The predicted molar refractivity (Wildman–Crippen MR) is 74.7 cm³/mol. The van der Waals surface area contributed by atoms with Crippen molar-refractivity contribution in [1.29, 1.82) is 0 Å². The maximum Gasteiger partial charge on any atom is 0.149 e. The summed E-state index contributed by atoms with van der Waals surface area (Å²) in [5, 5.41) is 0. The van der Waals surface area contributed by atoms with E-state index in [-0.39, 0.29) is 0 Å². The van der Waals surface area contributed by atoms with E-state index in [1.807, 2.05) is 6.07 Å². The number of hydrazine groups is 1. The fourth-order valence-corrected chi connectivity index (χ4v) is 2.87. The number of nitrogens with two attached hydrogens (primary N) is 1. The summed E-state index contributed by atoms with van der Waals surface area (Å²) in [6.07, 6.45) is 0. The van der Waals surface area contributed by atoms with E-state index in [1.165, 1.54) is 13.1 Å². The van der Waals surface area contributed by atoms with Gasteiger partial charge in [0, 0.05) is 44.5 Å². The van der Waals surface area contributed by atoms with Crippen LogP contribution in [0.2, 0.25) is 0 Å². The van der Waals surface area contributed by atoms with Gasteiger partial charge in [-0.2, -0.15) is 0 Å². The Kier molecular flexibility index (Phi) is 3.38. The maximum absolute atomic E-state index is 5.53. The molecule has 3 aliphatic rings. The highest BCUT2D eigenvalue weighted by Crippen LogP contribution is 2.28. The third-order valence-electron chi connectivity index (χ3n) is 4.08. The van der Waals surface area contributed by atoms with E-state index < -0.39 is 0 Å². The molecule has 4 heterocycles. The fraction of sp³-hybridized carbons (Fsp3) is 0.692. The number of aromatic nitrogens is 2. The maximum atomic E-state index is 5.53. The molecule has 0 aromatic carbocycles. The molecule has 2 bridgehead atoms. The molecule has 104 valence electrons. The molecule has 1 aromatic rings. The van der Waals surface area contributed by atoms with Crippen LogP contribution in [-0.4, -0.2) is 52.5 Å². The van der Waals surface area contributed by atoms with Crippen molar-refractivity contribution in [3.8, 4) is 0 Å². The van der Waals surface area contributed by atoms with E-state index in [0.717, 1.165) is 31.2 Å². The molecule has 19 heavy (non-hydrogen) atoms. The van der Waals surface area contributed by atoms with Gasteiger partial charge < -0.3 is 5.43 Å². The van der Waals surface area contributed by atoms with Crippen LogP contribution in [0.4, 0.5) is 5.82 Å². The minimum Gasteiger partial charge on any atom is -0.308 e. The van der Waals surface area contributed by atoms with E-state index in [1.54, 1.807) is 0 Å². The van der Waals surface area contributed by atoms with E-state index in [9.17, 15) is 0 Å². The number of nitrogens with one attached hydrogen (secondary N) is 1. The smallest absolute Gasteiger partial charge is 0.149 e. The highest BCUT2D eigenvalue weighted by Gasteiger charge is 2.34. The Balaban J connectivity index is 1.93. The third-order valence-corrected chi connectivity index (χ3v) is 4.08. The summed E-state index contributed by atoms with van der Waals surface area (Å²) in [4.78, 5) is 14.3. The molecular formula is C13H22N6. The number of anilines is 1. The second kappa shape index (κ2) is 5.03. The van der Waals surface area contributed by atoms with Gasteiger partial charge in [0.15, 0.2) is 0 Å². The van der Waals surface area contributed by atoms with Gasteiger partial charge in [-0.05, 0) is 5.92 Å². The van der Waals surface area contributed by atoms with Gasteiger partial charge in [0.1, 0.15) is 11.6 Å². The molecule has 3 N–H and O–H groups in total. The summed E-state index contributed by atoms with van der Waals surface area (Å²) in [6, 6.07) is 2.25. The van der Waals surface area contributed by atoms with Crippen molar-refractivity contribution >= 4 is 5.82 Å². The SMILES string of the molecule is CC(C)c1cc(NN)nc(C2CN3CCN2CC3)n1. The van der Waals surface area contributed by atoms with Crippen LogP contribution < -0.4 is 11.3 Å². The molecule has 4 rings (SSSR count). The average molecular weight is 262 g/mol. The minimum absolute atomic E-state index is 0.313. The van der Waals surface area contributed by atoms with Crippen molar-refractivity contribution in [2.24, 2.45) is 5.84 Å². The van der Waals surface area contributed by atoms with Gasteiger partial charge in [0.25, 0.3) is 0 Å². The molecule has 3 saturated heterocycles. The fourth-order valence-electron chi connectivity index (χ4n) is 2.87. The Morgan fingerprint density at radius 2 is 2.00 bits per heavy atom. The van der Waals surface area contributed by atoms with Crippen molar-refractivity contribution in [3.63, 3.8) is 0 Å². The van der Waals surface area contributed by atoms with Crippen molar-refractivity contribution in [1.82, 2.24) is 19.8 Å². The lowest BCUT2D eigenvalue weighted by molar-refractivity contribution is 0.00860. The van der Waals surface area contributed by atoms with Gasteiger partial charge >= 0.3 is 0 Å². The van der Waals surface area contributed by atoms with Crippen LogP contribution in [0.1, 0.15) is 37.3 Å². The Morgan fingerprint density at radius 1 is 1.26 bits per heavy atom. The van der Waals surface area contributed by atoms with Crippen LogP contribution in [0.25, 0.3) is 0 Å². The lowest BCUT2D eigenvalue weighted by atomic mass is 10.1. The zero-order chi connectivity index (χ0) is 13.4. The van der Waals surface area contributed by atoms with E-state index in [0.29, 0.717) is 17.8 Å². The van der Waals surface area contributed by atoms with E-state index in [2.05, 4.69) is 34.1 Å². The van der Waals surface area contributed by atoms with Crippen LogP contribution in [-0.2, 0) is 0 Å². The second-order valence-corrected chi connectivity index (χ2v) is 5.69. The molecule has 0 aliphatic carbocycles. The van der Waals surface area contributed by atoms with E-state index >= 15 is 0 Å². The molecule has 1 aromatic heterocycles. The molecule has 3 fully saturated rings. The summed E-state index contributed by atoms with van der Waals surface area (Å²) in [5.41, 5.74) is 3.71. The first-order valence-corrected chi connectivity index (χ1v) is 6.99. The largest absolute Gasteiger partial charge is 0.308 e. The van der Waals surface area contributed by atoms with Crippen molar-refractivity contribution < 1.29 is 0 Å². The van der Waals surface area contributed by atoms with Crippen molar-refractivity contribution in [2.45, 2.75) is 25.8 Å². The van der Waals surface area contributed by atoms with Crippen LogP contribution in [0.3, 0.4) is 0 Å². The van der Waals surface area contributed by atoms with Crippen molar-refractivity contribution in [2.75, 3.05) is 38.1 Å². The summed E-state index contributed by atoms with van der Waals surface area (Å²) >= 11 is 0. The van der Waals surface area contributed by atoms with Gasteiger partial charge in [0.05, 0.1) is 6.04 Å². The lowest BCUT2D eigenvalue weighted by Crippen LogP contribution is -2.57. The molecular weight excluding hydrogens is 240 g/mol. The Bertz CT molecular complexity index is 452. The first-order chi connectivity index (χ1) is 9.17. The summed E-state index contributed by atoms with van der Waals surface area (Å²) in [6.45, 7) is 9.89. The number of nitrogen functional groups attached to an aromatic ring is 1. The number of hydrogen-bond acceptors (Lipinski definition) is 6. The summed E-state index contributed by atoms with van der Waals surface area (Å²) < 4.78 is 0. The zero-order valence-electron chi connectivity index (χ0n) is 11.6. The van der Waals surface area contributed by atoms with Crippen LogP contribution in [0, 0.1) is 0 Å². The topological polar surface area (TPSA) is 70.3 Å². The average Bonchev–Trinajstić information content (AvgIpc) is 2.47. The monoisotopic (exact) mass is 262 g/mol. The number of nitrogens with zero attached hydrogens (tertiary/aromatic N) is 4. The molecule has 1 atom stereocenters. The molecule has 3 aliphatic heterocycles. The molecule has 0 amide bonds. The van der Waals surface area contributed by atoms with Crippen LogP contribution in [0.15, 0.2) is 6.07 Å². The normalized spacial score (nSPS) is 29.8. The molecule has 0 radical (unpaired) electrons. The quantitative estimate of drug-likeness (QED) is 0.612. The van der Waals surface area contributed by atoms with Crippen LogP contribution >= 0.6 is 0 Å². The first kappa shape index (κ1) is 12.8. The van der Waals surface area contributed by atoms with Crippen molar-refractivity contribution in [3.05, 3.63) is 17.6 Å². The second-order valence-electron chi connectivity index (χ2n) is 5.69. The highest BCUT2D eigenvalue weighted by molar-refractivity contribution is 5.36. The van der Waals surface area contributed by atoms with Crippen LogP contribution in [0.5, 0.6) is 0 Å². The molecule has 1 unspecified atom stereocenters. The molecule has 6 heteroatoms. The lowest BCUT2D eigenvalue weighted by Gasteiger charge is -2.46. The Morgan fingerprint density at radius 3 is 2.53 bits per heavy atom. The molecule has 0 spiro atoms. The summed E-state index contributed by atoms with van der Waals surface area (Å²) in [5.74, 6) is 7.53. The number of rotatable bonds is 3. The zero-order valence-corrected chi connectivity index (χ0v) is 11.6. The standard InChI is InChI=1S/C13H22N6/c1-9(2)10-7-12(17-14)16-13(15-10)11-8-18-3-5-19(11)6-4-18/h7,9,11H,3-6,8,14H2,1-2H3,(H,15,16,17). The highest BCUT2D eigenvalue weighted by atomic mass is 15.4. The number of fused-ring (bicyclic) bond motifs is 3. The molecule has 0 saturated carbocycles. The van der Waals surface area contributed by atoms with Gasteiger partial charge in [-0.3, -0.25) is 9.80 Å². The Hall–Kier alpha value is -1.24. The molecule has 6 nitrogen and oxygen atoms in total. The van der Waals surface area contributed by atoms with Gasteiger partial charge in [-0.15, -0.1) is 0 Å². The van der Waals surface area contributed by atoms with Gasteiger partial charge in [-0.1, -0.05) is 13.8 Å². The summed E-state index contributed by atoms with van der Waals surface area (Å²) in [7, 11) is 0. The Labute approximate surface area is 114 Å². The predicted octanol–water partition coefficient (Wildman–Crippen LogP) is 0.558.